The number of amides is 3. The number of anilines is 1. The van der Waals surface area contributed by atoms with Crippen LogP contribution in [0.5, 0.6) is 0 Å². The van der Waals surface area contributed by atoms with Crippen LogP contribution in [0.2, 0.25) is 0 Å². The third-order valence-electron chi connectivity index (χ3n) is 4.26. The van der Waals surface area contributed by atoms with Crippen LogP contribution in [0.3, 0.4) is 0 Å². The number of hydrogen-bond acceptors (Lipinski definition) is 3. The highest BCUT2D eigenvalue weighted by Crippen LogP contribution is 2.13. The van der Waals surface area contributed by atoms with Crippen LogP contribution in [0.15, 0.2) is 24.3 Å². The normalized spacial score (nSPS) is 17.4. The Morgan fingerprint density at radius 2 is 1.96 bits per heavy atom. The van der Waals surface area contributed by atoms with Gasteiger partial charge < -0.3 is 20.7 Å². The molecule has 3 amide bonds. The summed E-state index contributed by atoms with van der Waals surface area (Å²) in [5, 5.41) is 8.53. The zero-order chi connectivity index (χ0) is 17.6. The van der Waals surface area contributed by atoms with Gasteiger partial charge in [0.2, 0.25) is 0 Å². The molecule has 1 aliphatic heterocycles. The molecule has 0 saturated carbocycles. The first-order valence-electron chi connectivity index (χ1n) is 8.48. The SMILES string of the molecule is CCC(C)(C)NC(=O)c1ccc(NC(=O)NCC2CCCO2)cc1. The van der Waals surface area contributed by atoms with Crippen LogP contribution in [-0.4, -0.2) is 36.7 Å². The first-order chi connectivity index (χ1) is 11.4. The Morgan fingerprint density at radius 1 is 1.25 bits per heavy atom. The summed E-state index contributed by atoms with van der Waals surface area (Å²) in [7, 11) is 0. The fourth-order valence-electron chi connectivity index (χ4n) is 2.36. The van der Waals surface area contributed by atoms with Crippen molar-refractivity contribution in [1.82, 2.24) is 10.6 Å². The minimum atomic E-state index is -0.269. The van der Waals surface area contributed by atoms with Gasteiger partial charge in [-0.05, 0) is 57.4 Å². The largest absolute Gasteiger partial charge is 0.376 e. The van der Waals surface area contributed by atoms with Gasteiger partial charge in [-0.15, -0.1) is 0 Å². The Kier molecular flexibility index (Phi) is 6.20. The van der Waals surface area contributed by atoms with Gasteiger partial charge in [-0.3, -0.25) is 4.79 Å². The van der Waals surface area contributed by atoms with E-state index in [0.717, 1.165) is 25.9 Å². The van der Waals surface area contributed by atoms with Gasteiger partial charge >= 0.3 is 6.03 Å². The lowest BCUT2D eigenvalue weighted by Crippen LogP contribution is -2.42. The molecule has 1 atom stereocenters. The molecule has 2 rings (SSSR count). The summed E-state index contributed by atoms with van der Waals surface area (Å²) in [6, 6.07) is 6.59. The van der Waals surface area contributed by atoms with E-state index >= 15 is 0 Å². The summed E-state index contributed by atoms with van der Waals surface area (Å²) in [5.74, 6) is -0.115. The van der Waals surface area contributed by atoms with Crippen LogP contribution < -0.4 is 16.0 Å². The van der Waals surface area contributed by atoms with Gasteiger partial charge in [0, 0.05) is 29.9 Å². The zero-order valence-electron chi connectivity index (χ0n) is 14.6. The van der Waals surface area contributed by atoms with Crippen molar-refractivity contribution >= 4 is 17.6 Å². The van der Waals surface area contributed by atoms with Gasteiger partial charge in [0.1, 0.15) is 0 Å². The molecular formula is C18H27N3O3. The molecule has 132 valence electrons. The second-order valence-electron chi connectivity index (χ2n) is 6.74. The number of hydrogen-bond donors (Lipinski definition) is 3. The van der Waals surface area contributed by atoms with E-state index in [1.54, 1.807) is 24.3 Å². The Labute approximate surface area is 143 Å². The van der Waals surface area contributed by atoms with Crippen LogP contribution in [0.25, 0.3) is 0 Å². The molecule has 1 heterocycles. The van der Waals surface area contributed by atoms with E-state index in [2.05, 4.69) is 16.0 Å². The summed E-state index contributed by atoms with van der Waals surface area (Å²) in [5.41, 5.74) is 0.976. The zero-order valence-corrected chi connectivity index (χ0v) is 14.6. The Bertz CT molecular complexity index is 563. The first kappa shape index (κ1) is 18.3. The molecular weight excluding hydrogens is 306 g/mol. The van der Waals surface area contributed by atoms with Crippen molar-refractivity contribution < 1.29 is 14.3 Å². The van der Waals surface area contributed by atoms with Gasteiger partial charge in [-0.2, -0.15) is 0 Å². The van der Waals surface area contributed by atoms with Gasteiger partial charge in [-0.25, -0.2) is 4.79 Å². The minimum Gasteiger partial charge on any atom is -0.376 e. The number of carbonyl (C=O) groups is 2. The molecule has 1 unspecified atom stereocenters. The number of nitrogens with one attached hydrogen (secondary N) is 3. The van der Waals surface area contributed by atoms with E-state index in [4.69, 9.17) is 4.74 Å². The monoisotopic (exact) mass is 333 g/mol. The van der Waals surface area contributed by atoms with Crippen LogP contribution in [-0.2, 0) is 4.74 Å². The average Bonchev–Trinajstić information content (AvgIpc) is 3.06. The molecule has 1 fully saturated rings. The molecule has 0 radical (unpaired) electrons. The van der Waals surface area contributed by atoms with Crippen LogP contribution in [0.1, 0.15) is 50.4 Å². The molecule has 0 spiro atoms. The molecule has 0 aliphatic carbocycles. The van der Waals surface area contributed by atoms with Crippen molar-refractivity contribution in [3.63, 3.8) is 0 Å². The number of rotatable bonds is 6. The summed E-state index contributed by atoms with van der Waals surface area (Å²) in [6.07, 6.45) is 3.00. The number of benzene rings is 1. The van der Waals surface area contributed by atoms with Gasteiger partial charge in [0.25, 0.3) is 5.91 Å². The Balaban J connectivity index is 1.82. The molecule has 0 bridgehead atoms. The van der Waals surface area contributed by atoms with Crippen molar-refractivity contribution in [2.24, 2.45) is 0 Å². The Morgan fingerprint density at radius 3 is 2.54 bits per heavy atom. The van der Waals surface area contributed by atoms with Gasteiger partial charge in [0.15, 0.2) is 0 Å². The number of ether oxygens (including phenoxy) is 1. The lowest BCUT2D eigenvalue weighted by Gasteiger charge is -2.24. The maximum Gasteiger partial charge on any atom is 0.319 e. The maximum atomic E-state index is 12.2. The smallest absolute Gasteiger partial charge is 0.319 e. The average molecular weight is 333 g/mol. The van der Waals surface area contributed by atoms with Crippen molar-refractivity contribution in [3.8, 4) is 0 Å². The van der Waals surface area contributed by atoms with E-state index in [1.165, 1.54) is 0 Å². The van der Waals surface area contributed by atoms with E-state index in [-0.39, 0.29) is 23.6 Å². The highest BCUT2D eigenvalue weighted by atomic mass is 16.5. The lowest BCUT2D eigenvalue weighted by atomic mass is 10.0. The third kappa shape index (κ3) is 5.53. The Hall–Kier alpha value is -2.08. The summed E-state index contributed by atoms with van der Waals surface area (Å²) < 4.78 is 5.46. The first-order valence-corrected chi connectivity index (χ1v) is 8.48. The molecule has 24 heavy (non-hydrogen) atoms. The fraction of sp³-hybridized carbons (Fsp3) is 0.556. The molecule has 1 aromatic rings. The van der Waals surface area contributed by atoms with E-state index in [0.29, 0.717) is 17.8 Å². The topological polar surface area (TPSA) is 79.5 Å². The van der Waals surface area contributed by atoms with E-state index in [1.807, 2.05) is 20.8 Å². The van der Waals surface area contributed by atoms with E-state index in [9.17, 15) is 9.59 Å². The fourth-order valence-corrected chi connectivity index (χ4v) is 2.36. The standard InChI is InChI=1S/C18H27N3O3/c1-4-18(2,3)21-16(22)13-7-9-14(10-8-13)20-17(23)19-12-15-6-5-11-24-15/h7-10,15H,4-6,11-12H2,1-3H3,(H,21,22)(H2,19,20,23). The lowest BCUT2D eigenvalue weighted by molar-refractivity contribution is 0.0911. The number of carbonyl (C=O) groups excluding carboxylic acids is 2. The highest BCUT2D eigenvalue weighted by Gasteiger charge is 2.19. The minimum absolute atomic E-state index is 0.115. The van der Waals surface area contributed by atoms with Crippen molar-refractivity contribution in [2.75, 3.05) is 18.5 Å². The molecule has 3 N–H and O–H groups in total. The second-order valence-corrected chi connectivity index (χ2v) is 6.74. The van der Waals surface area contributed by atoms with Crippen LogP contribution >= 0.6 is 0 Å². The molecule has 1 aromatic carbocycles. The van der Waals surface area contributed by atoms with E-state index < -0.39 is 0 Å². The van der Waals surface area contributed by atoms with Crippen molar-refractivity contribution in [3.05, 3.63) is 29.8 Å². The second kappa shape index (κ2) is 8.15. The maximum absolute atomic E-state index is 12.2. The molecule has 6 nitrogen and oxygen atoms in total. The third-order valence-corrected chi connectivity index (χ3v) is 4.26. The predicted octanol–water partition coefficient (Wildman–Crippen LogP) is 2.91. The van der Waals surface area contributed by atoms with Crippen molar-refractivity contribution in [2.45, 2.75) is 51.7 Å². The van der Waals surface area contributed by atoms with Crippen LogP contribution in [0.4, 0.5) is 10.5 Å². The quantitative estimate of drug-likeness (QED) is 0.749. The summed E-state index contributed by atoms with van der Waals surface area (Å²) in [4.78, 5) is 24.0. The number of urea groups is 1. The van der Waals surface area contributed by atoms with Crippen molar-refractivity contribution in [1.29, 1.82) is 0 Å². The summed E-state index contributed by atoms with van der Waals surface area (Å²) in [6.45, 7) is 7.28. The molecule has 1 saturated heterocycles. The van der Waals surface area contributed by atoms with Gasteiger partial charge in [0.05, 0.1) is 6.10 Å². The predicted molar refractivity (Wildman–Crippen MR) is 94.3 cm³/mol. The highest BCUT2D eigenvalue weighted by molar-refractivity contribution is 5.95. The van der Waals surface area contributed by atoms with Gasteiger partial charge in [-0.1, -0.05) is 6.92 Å². The van der Waals surface area contributed by atoms with Crippen LogP contribution in [0, 0.1) is 0 Å². The molecule has 6 heteroatoms. The molecule has 0 aromatic heterocycles. The summed E-state index contributed by atoms with van der Waals surface area (Å²) >= 11 is 0. The molecule has 1 aliphatic rings.